The number of hydrogen-bond donors (Lipinski definition) is 0. The van der Waals surface area contributed by atoms with Gasteiger partial charge in [-0.3, -0.25) is 4.79 Å². The maximum atomic E-state index is 12.3. The summed E-state index contributed by atoms with van der Waals surface area (Å²) in [5.41, 5.74) is 0.916. The van der Waals surface area contributed by atoms with Crippen molar-refractivity contribution in [2.75, 3.05) is 13.7 Å². The van der Waals surface area contributed by atoms with Crippen LogP contribution in [0.25, 0.3) is 10.8 Å². The Morgan fingerprint density at radius 1 is 1.22 bits per heavy atom. The Bertz CT molecular complexity index is 689. The number of esters is 1. The summed E-state index contributed by atoms with van der Waals surface area (Å²) in [4.78, 5) is 12.3. The molecule has 0 bridgehead atoms. The summed E-state index contributed by atoms with van der Waals surface area (Å²) in [5.74, 6) is 0.162. The van der Waals surface area contributed by atoms with Gasteiger partial charge in [0.2, 0.25) is 6.29 Å². The Morgan fingerprint density at radius 3 is 2.74 bits per heavy atom. The summed E-state index contributed by atoms with van der Waals surface area (Å²) in [5, 5.41) is 2.13. The van der Waals surface area contributed by atoms with Gasteiger partial charge in [-0.25, -0.2) is 0 Å². The molecule has 1 aliphatic rings. The molecule has 4 heteroatoms. The monoisotopic (exact) mass is 311 g/mol. The van der Waals surface area contributed by atoms with Crippen molar-refractivity contribution < 1.29 is 19.0 Å². The third kappa shape index (κ3) is 3.64. The van der Waals surface area contributed by atoms with Crippen molar-refractivity contribution >= 4 is 16.7 Å². The first kappa shape index (κ1) is 15.8. The quantitative estimate of drug-likeness (QED) is 0.811. The molecule has 0 saturated carbocycles. The van der Waals surface area contributed by atoms with Gasteiger partial charge in [-0.1, -0.05) is 24.3 Å². The van der Waals surface area contributed by atoms with Gasteiger partial charge in [0.1, 0.15) is 5.75 Å². The maximum absolute atomic E-state index is 12.3. The highest BCUT2D eigenvalue weighted by molar-refractivity contribution is 5.86. The number of methoxy groups -OCH3 is 1. The largest absolute Gasteiger partial charge is 0.497 e. The number of ether oxygens (including phenoxy) is 3. The minimum absolute atomic E-state index is 0.297. The lowest BCUT2D eigenvalue weighted by Gasteiger charge is -2.23. The number of carbonyl (C=O) groups is 1. The van der Waals surface area contributed by atoms with Crippen LogP contribution >= 0.6 is 0 Å². The minimum Gasteiger partial charge on any atom is -0.497 e. The molecule has 1 saturated heterocycles. The van der Waals surface area contributed by atoms with E-state index < -0.39 is 6.29 Å². The van der Waals surface area contributed by atoms with Gasteiger partial charge in [0.15, 0.2) is 0 Å². The van der Waals surface area contributed by atoms with Gasteiger partial charge in [-0.15, -0.1) is 0 Å². The lowest BCUT2D eigenvalue weighted by molar-refractivity contribution is -0.173. The van der Waals surface area contributed by atoms with Gasteiger partial charge < -0.3 is 14.2 Å². The van der Waals surface area contributed by atoms with Crippen LogP contribution < -0.4 is 4.74 Å². The van der Waals surface area contributed by atoms with Crippen LogP contribution in [0.5, 0.6) is 5.75 Å². The highest BCUT2D eigenvalue weighted by Crippen LogP contribution is 2.26. The van der Waals surface area contributed by atoms with Crippen LogP contribution in [0.1, 0.15) is 18.4 Å². The third-order valence-corrected chi connectivity index (χ3v) is 3.92. The van der Waals surface area contributed by atoms with Crippen LogP contribution in [0.4, 0.5) is 0 Å². The zero-order chi connectivity index (χ0) is 16.2. The Kier molecular flexibility index (Phi) is 4.82. The third-order valence-electron chi connectivity index (χ3n) is 3.92. The fraction of sp³-hybridized carbons (Fsp3) is 0.263. The Balaban J connectivity index is 1.74. The minimum atomic E-state index is -0.598. The second-order valence-electron chi connectivity index (χ2n) is 5.45. The van der Waals surface area contributed by atoms with Crippen LogP contribution in [0.2, 0.25) is 0 Å². The molecule has 2 unspecified atom stereocenters. The molecule has 23 heavy (non-hydrogen) atoms. The first-order valence-corrected chi connectivity index (χ1v) is 7.57. The predicted molar refractivity (Wildman–Crippen MR) is 87.6 cm³/mol. The van der Waals surface area contributed by atoms with Crippen molar-refractivity contribution in [3.05, 3.63) is 61.2 Å². The molecular formula is C19H19O4. The molecule has 4 nitrogen and oxygen atoms in total. The molecule has 2 aromatic rings. The second-order valence-corrected chi connectivity index (χ2v) is 5.45. The van der Waals surface area contributed by atoms with E-state index in [1.807, 2.05) is 56.2 Å². The smallest absolute Gasteiger partial charge is 0.315 e. The van der Waals surface area contributed by atoms with E-state index >= 15 is 0 Å². The zero-order valence-electron chi connectivity index (χ0n) is 13.2. The number of hydrogen-bond acceptors (Lipinski definition) is 4. The van der Waals surface area contributed by atoms with Crippen molar-refractivity contribution in [3.8, 4) is 5.75 Å². The average Bonchev–Trinajstić information content (AvgIpc) is 2.61. The van der Waals surface area contributed by atoms with E-state index in [1.54, 1.807) is 13.5 Å². The summed E-state index contributed by atoms with van der Waals surface area (Å²) < 4.78 is 15.9. The Morgan fingerprint density at radius 2 is 2.00 bits per heavy atom. The van der Waals surface area contributed by atoms with Crippen molar-refractivity contribution in [2.45, 2.75) is 19.1 Å². The van der Waals surface area contributed by atoms with E-state index in [9.17, 15) is 4.79 Å². The number of rotatable bonds is 4. The van der Waals surface area contributed by atoms with Crippen LogP contribution in [0.15, 0.2) is 36.4 Å². The van der Waals surface area contributed by atoms with E-state index in [0.717, 1.165) is 22.1 Å². The molecule has 119 valence electrons. The second kappa shape index (κ2) is 7.01. The molecular weight excluding hydrogens is 292 g/mol. The molecule has 0 spiro atoms. The van der Waals surface area contributed by atoms with Gasteiger partial charge in [-0.2, -0.15) is 0 Å². The van der Waals surface area contributed by atoms with E-state index in [2.05, 4.69) is 0 Å². The molecule has 3 rings (SSSR count). The van der Waals surface area contributed by atoms with Crippen LogP contribution in [-0.2, 0) is 14.3 Å². The molecule has 1 aliphatic heterocycles. The lowest BCUT2D eigenvalue weighted by atomic mass is 9.98. The summed E-state index contributed by atoms with van der Waals surface area (Å²) >= 11 is 0. The first-order valence-electron chi connectivity index (χ1n) is 7.57. The van der Waals surface area contributed by atoms with Crippen LogP contribution in [0, 0.1) is 19.3 Å². The molecule has 3 radical (unpaired) electrons. The Labute approximate surface area is 136 Å². The average molecular weight is 311 g/mol. The molecule has 0 amide bonds. The van der Waals surface area contributed by atoms with Gasteiger partial charge in [0.05, 0.1) is 19.6 Å². The van der Waals surface area contributed by atoms with E-state index in [4.69, 9.17) is 14.2 Å². The van der Waals surface area contributed by atoms with E-state index in [-0.39, 0.29) is 11.9 Å². The maximum Gasteiger partial charge on any atom is 0.315 e. The number of fused-ring (bicyclic) bond motifs is 1. The fourth-order valence-corrected chi connectivity index (χ4v) is 2.50. The molecule has 2 atom stereocenters. The van der Waals surface area contributed by atoms with Crippen LogP contribution in [-0.4, -0.2) is 26.0 Å². The molecule has 2 aromatic carbocycles. The van der Waals surface area contributed by atoms with Crippen molar-refractivity contribution in [1.29, 1.82) is 0 Å². The summed E-state index contributed by atoms with van der Waals surface area (Å²) in [6, 6.07) is 11.8. The van der Waals surface area contributed by atoms with Crippen molar-refractivity contribution in [3.63, 3.8) is 0 Å². The van der Waals surface area contributed by atoms with E-state index in [1.165, 1.54) is 0 Å². The normalized spacial score (nSPS) is 19.3. The van der Waals surface area contributed by atoms with Gasteiger partial charge >= 0.3 is 5.97 Å². The molecule has 1 heterocycles. The highest BCUT2D eigenvalue weighted by atomic mass is 16.7. The zero-order valence-corrected chi connectivity index (χ0v) is 13.2. The summed E-state index contributed by atoms with van der Waals surface area (Å²) in [6.07, 6.45) is 4.83. The topological polar surface area (TPSA) is 44.8 Å². The lowest BCUT2D eigenvalue weighted by Crippen LogP contribution is -2.28. The van der Waals surface area contributed by atoms with Crippen molar-refractivity contribution in [2.24, 2.45) is 0 Å². The Hall–Kier alpha value is -2.07. The molecule has 0 N–H and O–H groups in total. The SMILES string of the molecule is COc1ccc2cc(C(C)C(=O)OC3[CH][CH][CH]CO3)ccc2c1. The molecule has 1 fully saturated rings. The predicted octanol–water partition coefficient (Wildman–Crippen LogP) is 3.46. The number of carbonyl (C=O) groups excluding carboxylic acids is 1. The summed E-state index contributed by atoms with van der Waals surface area (Å²) in [6.45, 7) is 2.30. The summed E-state index contributed by atoms with van der Waals surface area (Å²) in [7, 11) is 1.65. The number of benzene rings is 2. The van der Waals surface area contributed by atoms with Gasteiger partial charge in [0.25, 0.3) is 0 Å². The first-order chi connectivity index (χ1) is 11.2. The van der Waals surface area contributed by atoms with Gasteiger partial charge in [0, 0.05) is 6.42 Å². The standard InChI is InChI=1S/C19H19O4/c1-13(19(20)23-18-5-3-4-10-22-18)14-6-7-16-12-17(21-2)9-8-15(16)11-14/h3-9,11-13,18H,10H2,1-2H3. The van der Waals surface area contributed by atoms with Gasteiger partial charge in [-0.05, 0) is 48.2 Å². The van der Waals surface area contributed by atoms with Crippen LogP contribution in [0.3, 0.4) is 0 Å². The highest BCUT2D eigenvalue weighted by Gasteiger charge is 2.23. The fourth-order valence-electron chi connectivity index (χ4n) is 2.50. The van der Waals surface area contributed by atoms with Crippen molar-refractivity contribution in [1.82, 2.24) is 0 Å². The molecule has 0 aliphatic carbocycles. The van der Waals surface area contributed by atoms with E-state index in [0.29, 0.717) is 6.61 Å². The molecule has 0 aromatic heterocycles.